The van der Waals surface area contributed by atoms with Gasteiger partial charge in [-0.25, -0.2) is 0 Å². The fourth-order valence-electron chi connectivity index (χ4n) is 2.67. The molecule has 144 valence electrons. The van der Waals surface area contributed by atoms with Crippen molar-refractivity contribution in [3.8, 4) is 5.69 Å². The molecule has 8 heteroatoms. The first-order valence-corrected chi connectivity index (χ1v) is 9.52. The molecular formula is C20H19ClN4O2S. The van der Waals surface area contributed by atoms with Crippen LogP contribution in [0.1, 0.15) is 23.3 Å². The van der Waals surface area contributed by atoms with Crippen LogP contribution < -0.4 is 10.6 Å². The molecule has 1 heterocycles. The summed E-state index contributed by atoms with van der Waals surface area (Å²) in [7, 11) is 0. The highest BCUT2D eigenvalue weighted by atomic mass is 35.5. The molecule has 3 N–H and O–H groups in total. The van der Waals surface area contributed by atoms with Gasteiger partial charge in [0.15, 0.2) is 4.77 Å². The van der Waals surface area contributed by atoms with Gasteiger partial charge in [-0.2, -0.15) is 0 Å². The van der Waals surface area contributed by atoms with Crippen molar-refractivity contribution in [1.82, 2.24) is 14.9 Å². The molecule has 0 aliphatic rings. The minimum Gasteiger partial charge on any atom is -0.351 e. The summed E-state index contributed by atoms with van der Waals surface area (Å²) in [4.78, 5) is 27.4. The van der Waals surface area contributed by atoms with Crippen molar-refractivity contribution >= 4 is 41.3 Å². The fourth-order valence-corrected chi connectivity index (χ4v) is 3.06. The van der Waals surface area contributed by atoms with Crippen molar-refractivity contribution < 1.29 is 9.59 Å². The maximum absolute atomic E-state index is 12.5. The van der Waals surface area contributed by atoms with E-state index in [2.05, 4.69) is 15.6 Å². The molecule has 0 radical (unpaired) electrons. The van der Waals surface area contributed by atoms with E-state index in [-0.39, 0.29) is 11.8 Å². The molecule has 2 amide bonds. The average molecular weight is 415 g/mol. The third-order valence-corrected chi connectivity index (χ3v) is 4.57. The van der Waals surface area contributed by atoms with Crippen LogP contribution in [0.15, 0.2) is 60.8 Å². The van der Waals surface area contributed by atoms with Gasteiger partial charge in [0.2, 0.25) is 5.91 Å². The SMILES string of the molecule is O=C(CCCNC(=O)c1c[nH]c(=S)n1-c1ccccc1)Nc1ccc(Cl)cc1. The molecule has 0 aliphatic carbocycles. The highest BCUT2D eigenvalue weighted by Gasteiger charge is 2.14. The van der Waals surface area contributed by atoms with Gasteiger partial charge in [0.25, 0.3) is 5.91 Å². The molecule has 0 atom stereocenters. The lowest BCUT2D eigenvalue weighted by Crippen LogP contribution is -2.27. The van der Waals surface area contributed by atoms with Crippen LogP contribution in [0.5, 0.6) is 0 Å². The van der Waals surface area contributed by atoms with Gasteiger partial charge in [0.1, 0.15) is 5.69 Å². The minimum absolute atomic E-state index is 0.120. The van der Waals surface area contributed by atoms with Crippen molar-refractivity contribution in [3.63, 3.8) is 0 Å². The molecule has 1 aromatic heterocycles. The minimum atomic E-state index is -0.255. The second-order valence-corrected chi connectivity index (χ2v) is 6.89. The summed E-state index contributed by atoms with van der Waals surface area (Å²) in [6.45, 7) is 0.375. The van der Waals surface area contributed by atoms with Crippen molar-refractivity contribution in [1.29, 1.82) is 0 Å². The van der Waals surface area contributed by atoms with Gasteiger partial charge >= 0.3 is 0 Å². The van der Waals surface area contributed by atoms with Crippen LogP contribution in [0.25, 0.3) is 5.69 Å². The lowest BCUT2D eigenvalue weighted by molar-refractivity contribution is -0.116. The van der Waals surface area contributed by atoms with Crippen LogP contribution >= 0.6 is 23.8 Å². The van der Waals surface area contributed by atoms with Gasteiger partial charge in [-0.1, -0.05) is 29.8 Å². The number of anilines is 1. The van der Waals surface area contributed by atoms with E-state index in [1.807, 2.05) is 30.3 Å². The largest absolute Gasteiger partial charge is 0.351 e. The highest BCUT2D eigenvalue weighted by molar-refractivity contribution is 7.71. The number of imidazole rings is 1. The summed E-state index contributed by atoms with van der Waals surface area (Å²) < 4.78 is 2.12. The number of aromatic nitrogens is 2. The van der Waals surface area contributed by atoms with Crippen LogP contribution in [0, 0.1) is 4.77 Å². The molecule has 0 spiro atoms. The smallest absolute Gasteiger partial charge is 0.269 e. The molecule has 0 fully saturated rings. The van der Waals surface area contributed by atoms with Crippen LogP contribution in [0.3, 0.4) is 0 Å². The topological polar surface area (TPSA) is 78.9 Å². The summed E-state index contributed by atoms with van der Waals surface area (Å²) >= 11 is 11.1. The van der Waals surface area contributed by atoms with Gasteiger partial charge in [-0.15, -0.1) is 0 Å². The summed E-state index contributed by atoms with van der Waals surface area (Å²) in [6, 6.07) is 16.3. The normalized spacial score (nSPS) is 10.5. The van der Waals surface area contributed by atoms with Crippen LogP contribution in [-0.4, -0.2) is 27.9 Å². The zero-order valence-corrected chi connectivity index (χ0v) is 16.5. The fraction of sp³-hybridized carbons (Fsp3) is 0.150. The van der Waals surface area contributed by atoms with E-state index < -0.39 is 0 Å². The van der Waals surface area contributed by atoms with Crippen molar-refractivity contribution in [3.05, 3.63) is 76.3 Å². The predicted octanol–water partition coefficient (Wildman–Crippen LogP) is 4.34. The molecule has 0 saturated heterocycles. The first kappa shape index (κ1) is 19.9. The van der Waals surface area contributed by atoms with E-state index >= 15 is 0 Å². The lowest BCUT2D eigenvalue weighted by atomic mass is 10.2. The average Bonchev–Trinajstić information content (AvgIpc) is 3.09. The second-order valence-electron chi connectivity index (χ2n) is 6.06. The Hall–Kier alpha value is -2.90. The van der Waals surface area contributed by atoms with Crippen LogP contribution in [-0.2, 0) is 4.79 Å². The van der Waals surface area contributed by atoms with Gasteiger partial charge in [0.05, 0.1) is 0 Å². The van der Waals surface area contributed by atoms with Crippen LogP contribution in [0.4, 0.5) is 5.69 Å². The molecule has 2 aromatic carbocycles. The maximum atomic E-state index is 12.5. The standard InChI is InChI=1S/C20H19ClN4O2S/c21-14-8-10-15(11-9-14)24-18(26)7-4-12-22-19(27)17-13-23-20(28)25(17)16-5-2-1-3-6-16/h1-3,5-6,8-11,13H,4,7,12H2,(H,22,27)(H,23,28)(H,24,26). The number of benzene rings is 2. The summed E-state index contributed by atoms with van der Waals surface area (Å²) in [5.74, 6) is -0.375. The first-order valence-electron chi connectivity index (χ1n) is 8.74. The number of aromatic amines is 1. The Labute approximate surface area is 172 Å². The van der Waals surface area contributed by atoms with Crippen molar-refractivity contribution in [2.45, 2.75) is 12.8 Å². The van der Waals surface area contributed by atoms with Crippen molar-refractivity contribution in [2.24, 2.45) is 0 Å². The maximum Gasteiger partial charge on any atom is 0.269 e. The summed E-state index contributed by atoms with van der Waals surface area (Å²) in [5, 5.41) is 6.23. The van der Waals surface area contributed by atoms with Gasteiger partial charge in [0, 0.05) is 35.6 Å². The Morgan fingerprint density at radius 1 is 1.07 bits per heavy atom. The number of hydrogen-bond acceptors (Lipinski definition) is 3. The summed E-state index contributed by atoms with van der Waals surface area (Å²) in [6.07, 6.45) is 2.39. The van der Waals surface area contributed by atoms with E-state index in [4.69, 9.17) is 23.8 Å². The number of carbonyl (C=O) groups excluding carboxylic acids is 2. The van der Waals surface area contributed by atoms with E-state index in [1.165, 1.54) is 0 Å². The van der Waals surface area contributed by atoms with Gasteiger partial charge in [-0.05, 0) is 55.0 Å². The van der Waals surface area contributed by atoms with Gasteiger partial charge < -0.3 is 15.6 Å². The van der Waals surface area contributed by atoms with Crippen LogP contribution in [0.2, 0.25) is 5.02 Å². The number of rotatable bonds is 7. The zero-order valence-electron chi connectivity index (χ0n) is 14.9. The third kappa shape index (κ3) is 5.09. The number of hydrogen-bond donors (Lipinski definition) is 3. The monoisotopic (exact) mass is 414 g/mol. The third-order valence-electron chi connectivity index (χ3n) is 4.02. The Kier molecular flexibility index (Phi) is 6.62. The number of nitrogens with zero attached hydrogens (tertiary/aromatic N) is 1. The number of nitrogens with one attached hydrogen (secondary N) is 3. The Balaban J connectivity index is 1.51. The molecule has 3 rings (SSSR count). The molecule has 3 aromatic rings. The molecule has 0 saturated carbocycles. The highest BCUT2D eigenvalue weighted by Crippen LogP contribution is 2.14. The lowest BCUT2D eigenvalue weighted by Gasteiger charge is -2.09. The van der Waals surface area contributed by atoms with Crippen molar-refractivity contribution in [2.75, 3.05) is 11.9 Å². The molecule has 0 bridgehead atoms. The summed E-state index contributed by atoms with van der Waals surface area (Å²) in [5.41, 5.74) is 1.91. The number of H-pyrrole nitrogens is 1. The second kappa shape index (κ2) is 9.34. The van der Waals surface area contributed by atoms with E-state index in [1.54, 1.807) is 35.0 Å². The van der Waals surface area contributed by atoms with E-state index in [0.717, 1.165) is 5.69 Å². The van der Waals surface area contributed by atoms with E-state index in [9.17, 15) is 9.59 Å². The first-order chi connectivity index (χ1) is 13.5. The molecule has 0 unspecified atom stereocenters. The number of carbonyl (C=O) groups is 2. The molecule has 6 nitrogen and oxygen atoms in total. The number of para-hydroxylation sites is 1. The van der Waals surface area contributed by atoms with E-state index in [0.29, 0.717) is 40.6 Å². The predicted molar refractivity (Wildman–Crippen MR) is 113 cm³/mol. The number of amides is 2. The molecule has 28 heavy (non-hydrogen) atoms. The Morgan fingerprint density at radius 3 is 2.50 bits per heavy atom. The number of halogens is 1. The molecular weight excluding hydrogens is 396 g/mol. The Morgan fingerprint density at radius 2 is 1.79 bits per heavy atom. The quantitative estimate of drug-likeness (QED) is 0.397. The Bertz CT molecular complexity index is 1010. The zero-order chi connectivity index (χ0) is 19.9. The van der Waals surface area contributed by atoms with Gasteiger partial charge in [-0.3, -0.25) is 14.2 Å². The molecule has 0 aliphatic heterocycles.